The number of hydrogen-bond donors (Lipinski definition) is 1. The lowest BCUT2D eigenvalue weighted by molar-refractivity contribution is -0.137. The second-order valence-corrected chi connectivity index (χ2v) is 7.29. The van der Waals surface area contributed by atoms with Gasteiger partial charge in [0.2, 0.25) is 0 Å². The van der Waals surface area contributed by atoms with Crippen molar-refractivity contribution < 1.29 is 23.9 Å². The van der Waals surface area contributed by atoms with Gasteiger partial charge >= 0.3 is 13.1 Å². The molecular formula is C17H23BO5. The van der Waals surface area contributed by atoms with Gasteiger partial charge in [0, 0.05) is 12.2 Å². The largest absolute Gasteiger partial charge is 0.493 e. The molecule has 1 saturated heterocycles. The van der Waals surface area contributed by atoms with E-state index >= 15 is 0 Å². The van der Waals surface area contributed by atoms with Gasteiger partial charge in [0.05, 0.1) is 24.2 Å². The first kappa shape index (κ1) is 16.3. The zero-order chi connectivity index (χ0) is 16.8. The van der Waals surface area contributed by atoms with E-state index < -0.39 is 24.3 Å². The number of carbonyl (C=O) groups is 1. The van der Waals surface area contributed by atoms with Crippen molar-refractivity contribution in [2.24, 2.45) is 0 Å². The third-order valence-electron chi connectivity index (χ3n) is 5.14. The molecule has 0 bridgehead atoms. The van der Waals surface area contributed by atoms with Crippen LogP contribution < -0.4 is 4.74 Å². The van der Waals surface area contributed by atoms with E-state index in [-0.39, 0.29) is 12.2 Å². The molecule has 0 spiro atoms. The monoisotopic (exact) mass is 318 g/mol. The van der Waals surface area contributed by atoms with Gasteiger partial charge in [0.25, 0.3) is 0 Å². The van der Waals surface area contributed by atoms with Crippen LogP contribution in [0, 0.1) is 0 Å². The molecule has 6 heteroatoms. The van der Waals surface area contributed by atoms with Crippen LogP contribution in [0.1, 0.15) is 51.1 Å². The van der Waals surface area contributed by atoms with Crippen LogP contribution in [0.15, 0.2) is 18.2 Å². The summed E-state index contributed by atoms with van der Waals surface area (Å²) in [5.41, 5.74) is 1.09. The smallest absolute Gasteiger partial charge is 0.466 e. The number of rotatable bonds is 4. The zero-order valence-corrected chi connectivity index (χ0v) is 14.1. The van der Waals surface area contributed by atoms with Crippen molar-refractivity contribution in [3.63, 3.8) is 0 Å². The van der Waals surface area contributed by atoms with Crippen molar-refractivity contribution in [3.05, 3.63) is 29.3 Å². The van der Waals surface area contributed by atoms with Gasteiger partial charge < -0.3 is 19.2 Å². The highest BCUT2D eigenvalue weighted by Crippen LogP contribution is 2.42. The van der Waals surface area contributed by atoms with E-state index in [1.54, 1.807) is 0 Å². The fourth-order valence-electron chi connectivity index (χ4n) is 3.05. The van der Waals surface area contributed by atoms with E-state index in [1.807, 2.05) is 45.9 Å². The Hall–Kier alpha value is -1.53. The van der Waals surface area contributed by atoms with Crippen molar-refractivity contribution in [3.8, 4) is 5.75 Å². The molecule has 3 rings (SSSR count). The van der Waals surface area contributed by atoms with Crippen LogP contribution in [-0.4, -0.2) is 36.0 Å². The maximum atomic E-state index is 11.4. The van der Waals surface area contributed by atoms with Crippen LogP contribution in [0.5, 0.6) is 5.75 Å². The molecule has 1 aromatic carbocycles. The van der Waals surface area contributed by atoms with Gasteiger partial charge in [-0.3, -0.25) is 4.79 Å². The van der Waals surface area contributed by atoms with E-state index in [9.17, 15) is 9.90 Å². The SMILES string of the molecule is CC1(C)OB(C(CC(=O)O)c2ccc3c(c2)CCO3)OC1(C)C. The van der Waals surface area contributed by atoms with Crippen LogP contribution in [0.2, 0.25) is 0 Å². The molecule has 0 amide bonds. The topological polar surface area (TPSA) is 65.0 Å². The van der Waals surface area contributed by atoms with Gasteiger partial charge in [-0.1, -0.05) is 12.1 Å². The molecule has 5 nitrogen and oxygen atoms in total. The number of ether oxygens (including phenoxy) is 1. The second-order valence-electron chi connectivity index (χ2n) is 7.29. The minimum atomic E-state index is -0.860. The van der Waals surface area contributed by atoms with Crippen LogP contribution in [0.3, 0.4) is 0 Å². The van der Waals surface area contributed by atoms with Gasteiger partial charge in [0.15, 0.2) is 0 Å². The van der Waals surface area contributed by atoms with E-state index in [2.05, 4.69) is 0 Å². The summed E-state index contributed by atoms with van der Waals surface area (Å²) in [5.74, 6) is -0.322. The summed E-state index contributed by atoms with van der Waals surface area (Å²) in [4.78, 5) is 11.4. The Morgan fingerprint density at radius 2 is 1.91 bits per heavy atom. The lowest BCUT2D eigenvalue weighted by Crippen LogP contribution is -2.41. The number of aliphatic carboxylic acids is 1. The van der Waals surface area contributed by atoms with Crippen molar-refractivity contribution in [2.75, 3.05) is 6.61 Å². The zero-order valence-electron chi connectivity index (χ0n) is 14.1. The van der Waals surface area contributed by atoms with Gasteiger partial charge in [0.1, 0.15) is 5.75 Å². The maximum absolute atomic E-state index is 11.4. The Labute approximate surface area is 137 Å². The fourth-order valence-corrected chi connectivity index (χ4v) is 3.05. The molecule has 2 aliphatic rings. The van der Waals surface area contributed by atoms with Crippen molar-refractivity contribution in [1.82, 2.24) is 0 Å². The summed E-state index contributed by atoms with van der Waals surface area (Å²) in [6.45, 7) is 8.57. The van der Waals surface area contributed by atoms with Crippen LogP contribution in [0.25, 0.3) is 0 Å². The molecule has 2 heterocycles. The summed E-state index contributed by atoms with van der Waals surface area (Å²) < 4.78 is 17.7. The molecule has 0 aliphatic carbocycles. The summed E-state index contributed by atoms with van der Waals surface area (Å²) in [7, 11) is -0.573. The highest BCUT2D eigenvalue weighted by atomic mass is 16.7. The molecule has 1 fully saturated rings. The summed E-state index contributed by atoms with van der Waals surface area (Å²) in [6.07, 6.45) is 0.822. The Morgan fingerprint density at radius 3 is 2.52 bits per heavy atom. The van der Waals surface area contributed by atoms with Crippen molar-refractivity contribution >= 4 is 13.1 Å². The Morgan fingerprint density at radius 1 is 1.26 bits per heavy atom. The lowest BCUT2D eigenvalue weighted by atomic mass is 9.66. The lowest BCUT2D eigenvalue weighted by Gasteiger charge is -2.32. The first-order valence-electron chi connectivity index (χ1n) is 8.03. The summed E-state index contributed by atoms with van der Waals surface area (Å²) in [6, 6.07) is 5.86. The summed E-state index contributed by atoms with van der Waals surface area (Å²) >= 11 is 0. The highest BCUT2D eigenvalue weighted by molar-refractivity contribution is 6.48. The molecule has 0 saturated carbocycles. The van der Waals surface area contributed by atoms with E-state index in [1.165, 1.54) is 0 Å². The first-order chi connectivity index (χ1) is 10.7. The van der Waals surface area contributed by atoms with E-state index in [0.29, 0.717) is 6.61 Å². The van der Waals surface area contributed by atoms with E-state index in [4.69, 9.17) is 14.0 Å². The van der Waals surface area contributed by atoms with Crippen LogP contribution in [0.4, 0.5) is 0 Å². The third kappa shape index (κ3) is 2.97. The Balaban J connectivity index is 1.91. The quantitative estimate of drug-likeness (QED) is 0.865. The molecule has 1 atom stereocenters. The number of benzene rings is 1. The van der Waals surface area contributed by atoms with Gasteiger partial charge in [-0.2, -0.15) is 0 Å². The third-order valence-corrected chi connectivity index (χ3v) is 5.14. The molecule has 23 heavy (non-hydrogen) atoms. The number of carboxylic acid groups (broad SMARTS) is 1. The fraction of sp³-hybridized carbons (Fsp3) is 0.588. The average Bonchev–Trinajstić information content (AvgIpc) is 2.97. The first-order valence-corrected chi connectivity index (χ1v) is 8.03. The molecule has 1 unspecified atom stereocenters. The molecule has 0 radical (unpaired) electrons. The van der Waals surface area contributed by atoms with Crippen molar-refractivity contribution in [1.29, 1.82) is 0 Å². The maximum Gasteiger partial charge on any atom is 0.466 e. The Bertz CT molecular complexity index is 609. The van der Waals surface area contributed by atoms with Gasteiger partial charge in [-0.15, -0.1) is 0 Å². The normalized spacial score (nSPS) is 22.5. The molecule has 1 aromatic rings. The minimum Gasteiger partial charge on any atom is -0.493 e. The van der Waals surface area contributed by atoms with Crippen molar-refractivity contribution in [2.45, 2.75) is 57.6 Å². The molecule has 0 aromatic heterocycles. The van der Waals surface area contributed by atoms with Crippen LogP contribution in [-0.2, 0) is 20.5 Å². The number of fused-ring (bicyclic) bond motifs is 1. The number of hydrogen-bond acceptors (Lipinski definition) is 4. The highest BCUT2D eigenvalue weighted by Gasteiger charge is 2.54. The van der Waals surface area contributed by atoms with Gasteiger partial charge in [-0.05, 0) is 44.9 Å². The molecule has 2 aliphatic heterocycles. The molecule has 1 N–H and O–H groups in total. The predicted octanol–water partition coefficient (Wildman–Crippen LogP) is 2.81. The van der Waals surface area contributed by atoms with Crippen LogP contribution >= 0.6 is 0 Å². The number of carboxylic acids is 1. The minimum absolute atomic E-state index is 0.0313. The Kier molecular flexibility index (Phi) is 3.93. The molecule has 124 valence electrons. The van der Waals surface area contributed by atoms with E-state index in [0.717, 1.165) is 23.3 Å². The standard InChI is InChI=1S/C17H23BO5/c1-16(2)17(3,4)23-18(22-16)13(10-15(19)20)11-5-6-14-12(9-11)7-8-21-14/h5-6,9,13H,7-8,10H2,1-4H3,(H,19,20). The van der Waals surface area contributed by atoms with Gasteiger partial charge in [-0.25, -0.2) is 0 Å². The predicted molar refractivity (Wildman–Crippen MR) is 86.7 cm³/mol. The average molecular weight is 318 g/mol. The second kappa shape index (κ2) is 5.53. The summed E-state index contributed by atoms with van der Waals surface area (Å²) in [5, 5.41) is 9.32. The molecular weight excluding hydrogens is 295 g/mol.